The maximum atomic E-state index is 10.5. The van der Waals surface area contributed by atoms with Crippen LogP contribution in [0.1, 0.15) is 0 Å². The first-order chi connectivity index (χ1) is 5.33. The largest absolute Gasteiger partial charge is 0.466 e. The van der Waals surface area contributed by atoms with Gasteiger partial charge >= 0.3 is 5.97 Å². The third-order valence-corrected chi connectivity index (χ3v) is 2.23. The number of hydrogen-bond donors (Lipinski definition) is 0. The van der Waals surface area contributed by atoms with Crippen molar-refractivity contribution >= 4 is 17.7 Å². The Morgan fingerprint density at radius 2 is 2.45 bits per heavy atom. The van der Waals surface area contributed by atoms with E-state index in [2.05, 4.69) is 4.74 Å². The number of carbonyl (C=O) groups is 1. The van der Waals surface area contributed by atoms with Crippen LogP contribution in [-0.2, 0) is 14.3 Å². The predicted octanol–water partition coefficient (Wildman–Crippen LogP) is 0.805. The molecule has 1 saturated heterocycles. The summed E-state index contributed by atoms with van der Waals surface area (Å²) in [4.78, 5) is 10.5. The van der Waals surface area contributed by atoms with E-state index in [0.717, 1.165) is 13.2 Å². The topological polar surface area (TPSA) is 35.5 Å². The van der Waals surface area contributed by atoms with Crippen LogP contribution in [0, 0.1) is 0 Å². The lowest BCUT2D eigenvalue weighted by Gasteiger charge is -2.23. The lowest BCUT2D eigenvalue weighted by Crippen LogP contribution is -2.29. The lowest BCUT2D eigenvalue weighted by molar-refractivity contribution is -0.134. The Morgan fingerprint density at radius 3 is 2.91 bits per heavy atom. The monoisotopic (exact) mass is 174 g/mol. The van der Waals surface area contributed by atoms with E-state index in [1.807, 2.05) is 0 Å². The summed E-state index contributed by atoms with van der Waals surface area (Å²) in [6.45, 7) is 1.58. The van der Waals surface area contributed by atoms with Crippen LogP contribution in [0.2, 0.25) is 0 Å². The van der Waals surface area contributed by atoms with Crippen molar-refractivity contribution < 1.29 is 14.3 Å². The normalized spacial score (nSPS) is 18.3. The third kappa shape index (κ3) is 2.95. The molecule has 0 N–H and O–H groups in total. The highest BCUT2D eigenvalue weighted by Gasteiger charge is 2.16. The van der Waals surface area contributed by atoms with Crippen LogP contribution in [0.15, 0.2) is 11.5 Å². The Hall–Kier alpha value is -0.480. The van der Waals surface area contributed by atoms with Gasteiger partial charge in [-0.1, -0.05) is 0 Å². The number of hydrogen-bond acceptors (Lipinski definition) is 4. The fourth-order valence-corrected chi connectivity index (χ4v) is 1.33. The van der Waals surface area contributed by atoms with E-state index in [-0.39, 0.29) is 5.97 Å². The van der Waals surface area contributed by atoms with Crippen molar-refractivity contribution in [2.45, 2.75) is 5.25 Å². The fraction of sp³-hybridized carbons (Fsp3) is 0.571. The van der Waals surface area contributed by atoms with Crippen LogP contribution < -0.4 is 0 Å². The summed E-state index contributed by atoms with van der Waals surface area (Å²) < 4.78 is 9.36. The minimum absolute atomic E-state index is 0.308. The van der Waals surface area contributed by atoms with Crippen LogP contribution in [0.25, 0.3) is 0 Å². The second-order valence-corrected chi connectivity index (χ2v) is 3.33. The van der Waals surface area contributed by atoms with Gasteiger partial charge in [0.15, 0.2) is 0 Å². The molecule has 0 amide bonds. The van der Waals surface area contributed by atoms with Gasteiger partial charge in [-0.15, -0.1) is 11.8 Å². The van der Waals surface area contributed by atoms with Gasteiger partial charge in [-0.3, -0.25) is 0 Å². The van der Waals surface area contributed by atoms with Crippen LogP contribution in [0.4, 0.5) is 0 Å². The van der Waals surface area contributed by atoms with Gasteiger partial charge in [-0.05, 0) is 5.41 Å². The number of methoxy groups -OCH3 is 1. The smallest absolute Gasteiger partial charge is 0.330 e. The van der Waals surface area contributed by atoms with E-state index in [4.69, 9.17) is 4.74 Å². The molecule has 0 atom stereocenters. The molecule has 1 rings (SSSR count). The molecular weight excluding hydrogens is 164 g/mol. The number of rotatable bonds is 3. The van der Waals surface area contributed by atoms with Crippen molar-refractivity contribution in [2.75, 3.05) is 20.3 Å². The van der Waals surface area contributed by atoms with Crippen molar-refractivity contribution in [1.82, 2.24) is 0 Å². The van der Waals surface area contributed by atoms with Gasteiger partial charge in [0.05, 0.1) is 25.6 Å². The second kappa shape index (κ2) is 4.41. The van der Waals surface area contributed by atoms with Crippen molar-refractivity contribution in [3.63, 3.8) is 0 Å². The van der Waals surface area contributed by atoms with Gasteiger partial charge in [0, 0.05) is 6.08 Å². The van der Waals surface area contributed by atoms with Gasteiger partial charge < -0.3 is 9.47 Å². The van der Waals surface area contributed by atoms with E-state index < -0.39 is 0 Å². The van der Waals surface area contributed by atoms with Gasteiger partial charge in [0.2, 0.25) is 0 Å². The highest BCUT2D eigenvalue weighted by atomic mass is 32.2. The first kappa shape index (κ1) is 8.62. The number of esters is 1. The first-order valence-electron chi connectivity index (χ1n) is 3.30. The zero-order valence-corrected chi connectivity index (χ0v) is 7.10. The summed E-state index contributed by atoms with van der Waals surface area (Å²) in [7, 11) is 1.36. The molecule has 0 aromatic carbocycles. The number of thioether (sulfide) groups is 1. The maximum Gasteiger partial charge on any atom is 0.330 e. The number of ether oxygens (including phenoxy) is 2. The molecule has 0 aromatic heterocycles. The molecule has 0 unspecified atom stereocenters. The standard InChI is InChI=1S/C7H10O3S/c1-9-7(8)2-3-11-6-4-10-5-6/h2-3,6H,4-5H2,1H3. The molecule has 0 aliphatic carbocycles. The van der Waals surface area contributed by atoms with Crippen LogP contribution in [0.5, 0.6) is 0 Å². The Labute approximate surface area is 69.7 Å². The summed E-state index contributed by atoms with van der Waals surface area (Å²) in [5.74, 6) is -0.308. The summed E-state index contributed by atoms with van der Waals surface area (Å²) in [6, 6.07) is 0. The zero-order chi connectivity index (χ0) is 8.10. The quantitative estimate of drug-likeness (QED) is 0.468. The highest BCUT2D eigenvalue weighted by molar-refractivity contribution is 8.02. The van der Waals surface area contributed by atoms with Crippen molar-refractivity contribution in [1.29, 1.82) is 0 Å². The van der Waals surface area contributed by atoms with Crippen molar-refractivity contribution in [2.24, 2.45) is 0 Å². The van der Waals surface area contributed by atoms with E-state index in [9.17, 15) is 4.79 Å². The molecule has 1 fully saturated rings. The lowest BCUT2D eigenvalue weighted by atomic mass is 10.4. The SMILES string of the molecule is COC(=O)C=CSC1COC1. The summed E-state index contributed by atoms with van der Waals surface area (Å²) in [5.41, 5.74) is 0. The minimum Gasteiger partial charge on any atom is -0.466 e. The van der Waals surface area contributed by atoms with Gasteiger partial charge in [0.1, 0.15) is 0 Å². The van der Waals surface area contributed by atoms with Crippen molar-refractivity contribution in [3.8, 4) is 0 Å². The van der Waals surface area contributed by atoms with Crippen LogP contribution >= 0.6 is 11.8 Å². The van der Waals surface area contributed by atoms with E-state index in [1.54, 1.807) is 17.2 Å². The average Bonchev–Trinajstić information content (AvgIpc) is 1.94. The molecule has 3 nitrogen and oxygen atoms in total. The molecule has 0 radical (unpaired) electrons. The molecule has 1 aliphatic rings. The second-order valence-electron chi connectivity index (χ2n) is 2.12. The predicted molar refractivity (Wildman–Crippen MR) is 43.4 cm³/mol. The fourth-order valence-electron chi connectivity index (χ4n) is 0.567. The van der Waals surface area contributed by atoms with Crippen molar-refractivity contribution in [3.05, 3.63) is 11.5 Å². The summed E-state index contributed by atoms with van der Waals surface area (Å²) in [5, 5.41) is 2.27. The molecule has 0 bridgehead atoms. The molecule has 0 saturated carbocycles. The molecular formula is C7H10O3S. The molecule has 0 spiro atoms. The minimum atomic E-state index is -0.308. The summed E-state index contributed by atoms with van der Waals surface area (Å²) in [6.07, 6.45) is 1.42. The number of carbonyl (C=O) groups excluding carboxylic acids is 1. The molecule has 1 aliphatic heterocycles. The third-order valence-electron chi connectivity index (χ3n) is 1.28. The Kier molecular flexibility index (Phi) is 3.45. The molecule has 1 heterocycles. The zero-order valence-electron chi connectivity index (χ0n) is 6.28. The first-order valence-corrected chi connectivity index (χ1v) is 4.25. The van der Waals surface area contributed by atoms with E-state index in [0.29, 0.717) is 5.25 Å². The molecule has 62 valence electrons. The van der Waals surface area contributed by atoms with Gasteiger partial charge in [0.25, 0.3) is 0 Å². The Bertz CT molecular complexity index is 163. The van der Waals surface area contributed by atoms with Crippen LogP contribution in [0.3, 0.4) is 0 Å². The van der Waals surface area contributed by atoms with Crippen LogP contribution in [-0.4, -0.2) is 31.5 Å². The van der Waals surface area contributed by atoms with E-state index in [1.165, 1.54) is 13.2 Å². The van der Waals surface area contributed by atoms with Gasteiger partial charge in [-0.2, -0.15) is 0 Å². The summed E-state index contributed by atoms with van der Waals surface area (Å²) >= 11 is 1.60. The molecule has 0 aromatic rings. The Balaban J connectivity index is 2.09. The highest BCUT2D eigenvalue weighted by Crippen LogP contribution is 2.19. The van der Waals surface area contributed by atoms with Gasteiger partial charge in [-0.25, -0.2) is 4.79 Å². The molecule has 4 heteroatoms. The Morgan fingerprint density at radius 1 is 1.73 bits per heavy atom. The maximum absolute atomic E-state index is 10.5. The van der Waals surface area contributed by atoms with E-state index >= 15 is 0 Å². The average molecular weight is 174 g/mol. The molecule has 11 heavy (non-hydrogen) atoms.